The van der Waals surface area contributed by atoms with Crippen molar-refractivity contribution in [2.45, 2.75) is 0 Å². The number of aromatic nitrogens is 3. The summed E-state index contributed by atoms with van der Waals surface area (Å²) in [5.41, 5.74) is 3.03. The predicted molar refractivity (Wildman–Crippen MR) is 107 cm³/mol. The molecule has 0 aliphatic heterocycles. The third kappa shape index (κ3) is 1.96. The summed E-state index contributed by atoms with van der Waals surface area (Å²) in [5.74, 6) is 0.722. The average Bonchev–Trinajstić information content (AvgIpc) is 3.35. The first-order valence-corrected chi connectivity index (χ1v) is 9.36. The maximum Gasteiger partial charge on any atom is 0.236 e. The zero-order valence-electron chi connectivity index (χ0n) is 13.9. The third-order valence-electron chi connectivity index (χ3n) is 4.72. The molecule has 128 valence electrons. The highest BCUT2D eigenvalue weighted by Crippen LogP contribution is 2.31. The Hall–Kier alpha value is -3.51. The topological polar surface area (TPSA) is 60.4 Å². The molecule has 0 aliphatic rings. The Morgan fingerprint density at radius 1 is 0.926 bits per heavy atom. The number of hydrogen-bond donors (Lipinski definition) is 0. The number of para-hydroxylation sites is 3. The normalized spacial score (nSPS) is 11.9. The van der Waals surface area contributed by atoms with Crippen LogP contribution in [-0.2, 0) is 0 Å². The number of benzene rings is 2. The summed E-state index contributed by atoms with van der Waals surface area (Å²) in [7, 11) is 0. The molecule has 0 radical (unpaired) electrons. The van der Waals surface area contributed by atoms with Gasteiger partial charge in [-0.1, -0.05) is 30.3 Å². The number of imidazole rings is 1. The summed E-state index contributed by atoms with van der Waals surface area (Å²) in [5, 5.41) is 2.94. The number of thiophene rings is 1. The van der Waals surface area contributed by atoms with Gasteiger partial charge in [0, 0.05) is 0 Å². The lowest BCUT2D eigenvalue weighted by Gasteiger charge is -2.07. The monoisotopic (exact) mass is 369 g/mol. The van der Waals surface area contributed by atoms with Gasteiger partial charge in [0.25, 0.3) is 0 Å². The summed E-state index contributed by atoms with van der Waals surface area (Å²) < 4.78 is 7.96. The third-order valence-corrected chi connectivity index (χ3v) is 5.59. The molecule has 0 unspecified atom stereocenters. The number of fused-ring (bicyclic) bond motifs is 6. The molecule has 0 saturated carbocycles. The van der Waals surface area contributed by atoms with Crippen LogP contribution in [0, 0.1) is 0 Å². The number of rotatable bonds is 1. The van der Waals surface area contributed by atoms with Crippen LogP contribution in [0.4, 0.5) is 0 Å². The first-order chi connectivity index (χ1) is 13.3. The second-order valence-electron chi connectivity index (χ2n) is 6.28. The van der Waals surface area contributed by atoms with Crippen molar-refractivity contribution in [1.29, 1.82) is 0 Å². The van der Waals surface area contributed by atoms with Gasteiger partial charge < -0.3 is 4.42 Å². The predicted octanol–water partition coefficient (Wildman–Crippen LogP) is 4.87. The Labute approximate surface area is 156 Å². The molecular formula is C21H11N3O2S. The Morgan fingerprint density at radius 3 is 2.67 bits per heavy atom. The standard InChI is InChI=1S/C21H11N3O2S/c25-18-12-6-1-4-9-15(12)26-21-17(18)20-22-13-7-2-3-8-14(13)24(20)19(23-21)16-10-5-11-27-16/h1-11H. The van der Waals surface area contributed by atoms with E-state index in [9.17, 15) is 4.79 Å². The van der Waals surface area contributed by atoms with Crippen molar-refractivity contribution in [3.05, 3.63) is 76.3 Å². The summed E-state index contributed by atoms with van der Waals surface area (Å²) >= 11 is 1.59. The van der Waals surface area contributed by atoms with Crippen LogP contribution in [0.25, 0.3) is 49.5 Å². The molecule has 0 bridgehead atoms. The Morgan fingerprint density at radius 2 is 1.78 bits per heavy atom. The highest BCUT2D eigenvalue weighted by atomic mass is 32.1. The largest absolute Gasteiger partial charge is 0.437 e. The number of hydrogen-bond acceptors (Lipinski definition) is 5. The average molecular weight is 369 g/mol. The summed E-state index contributed by atoms with van der Waals surface area (Å²) in [6, 6.07) is 19.0. The van der Waals surface area contributed by atoms with Gasteiger partial charge in [-0.2, -0.15) is 4.98 Å². The van der Waals surface area contributed by atoms with Crippen LogP contribution in [0.15, 0.2) is 75.3 Å². The van der Waals surface area contributed by atoms with Crippen LogP contribution in [0.5, 0.6) is 0 Å². The molecule has 4 heterocycles. The van der Waals surface area contributed by atoms with Crippen molar-refractivity contribution in [2.75, 3.05) is 0 Å². The van der Waals surface area contributed by atoms with Gasteiger partial charge in [-0.15, -0.1) is 11.3 Å². The van der Waals surface area contributed by atoms with Crippen LogP contribution in [0.3, 0.4) is 0 Å². The lowest BCUT2D eigenvalue weighted by molar-refractivity contribution is 0.644. The molecule has 5 nitrogen and oxygen atoms in total. The quantitative estimate of drug-likeness (QED) is 0.388. The molecule has 0 fully saturated rings. The molecule has 6 aromatic rings. The van der Waals surface area contributed by atoms with E-state index in [-0.39, 0.29) is 5.43 Å². The van der Waals surface area contributed by atoms with E-state index in [0.29, 0.717) is 27.7 Å². The van der Waals surface area contributed by atoms with Gasteiger partial charge in [0.15, 0.2) is 11.5 Å². The molecule has 0 aliphatic carbocycles. The molecule has 6 rings (SSSR count). The molecule has 0 N–H and O–H groups in total. The van der Waals surface area contributed by atoms with E-state index in [0.717, 1.165) is 21.7 Å². The van der Waals surface area contributed by atoms with Crippen LogP contribution < -0.4 is 5.43 Å². The van der Waals surface area contributed by atoms with Crippen molar-refractivity contribution in [3.8, 4) is 10.7 Å². The van der Waals surface area contributed by atoms with Crippen LogP contribution in [0.2, 0.25) is 0 Å². The van der Waals surface area contributed by atoms with E-state index in [4.69, 9.17) is 14.4 Å². The maximum absolute atomic E-state index is 13.2. The Balaban J connectivity index is 1.94. The van der Waals surface area contributed by atoms with Gasteiger partial charge in [-0.3, -0.25) is 9.20 Å². The molecule has 6 heteroatoms. The minimum absolute atomic E-state index is 0.114. The van der Waals surface area contributed by atoms with E-state index in [1.165, 1.54) is 0 Å². The molecular weight excluding hydrogens is 358 g/mol. The van der Waals surface area contributed by atoms with E-state index >= 15 is 0 Å². The fourth-order valence-electron chi connectivity index (χ4n) is 3.53. The van der Waals surface area contributed by atoms with Crippen molar-refractivity contribution >= 4 is 50.1 Å². The van der Waals surface area contributed by atoms with Gasteiger partial charge >= 0.3 is 0 Å². The summed E-state index contributed by atoms with van der Waals surface area (Å²) in [4.78, 5) is 23.7. The molecule has 0 amide bonds. The summed E-state index contributed by atoms with van der Waals surface area (Å²) in [6.45, 7) is 0. The van der Waals surface area contributed by atoms with Crippen molar-refractivity contribution in [3.63, 3.8) is 0 Å². The first kappa shape index (κ1) is 14.6. The fourth-order valence-corrected chi connectivity index (χ4v) is 4.23. The minimum Gasteiger partial charge on any atom is -0.437 e. The second kappa shape index (κ2) is 5.25. The molecule has 0 atom stereocenters. The van der Waals surface area contributed by atoms with Gasteiger partial charge in [-0.25, -0.2) is 4.98 Å². The van der Waals surface area contributed by atoms with Gasteiger partial charge in [-0.05, 0) is 35.7 Å². The molecule has 27 heavy (non-hydrogen) atoms. The smallest absolute Gasteiger partial charge is 0.236 e. The second-order valence-corrected chi connectivity index (χ2v) is 7.23. The molecule has 2 aromatic carbocycles. The summed E-state index contributed by atoms with van der Waals surface area (Å²) in [6.07, 6.45) is 0. The Kier molecular flexibility index (Phi) is 2.84. The fraction of sp³-hybridized carbons (Fsp3) is 0. The lowest BCUT2D eigenvalue weighted by Crippen LogP contribution is -2.07. The van der Waals surface area contributed by atoms with Crippen LogP contribution in [0.1, 0.15) is 0 Å². The van der Waals surface area contributed by atoms with E-state index in [1.807, 2.05) is 58.3 Å². The van der Waals surface area contributed by atoms with Crippen molar-refractivity contribution in [2.24, 2.45) is 0 Å². The highest BCUT2D eigenvalue weighted by Gasteiger charge is 2.20. The number of nitrogens with zero attached hydrogens (tertiary/aromatic N) is 3. The van der Waals surface area contributed by atoms with Gasteiger partial charge in [0.05, 0.1) is 21.3 Å². The first-order valence-electron chi connectivity index (χ1n) is 8.48. The van der Waals surface area contributed by atoms with E-state index < -0.39 is 0 Å². The lowest BCUT2D eigenvalue weighted by atomic mass is 10.2. The van der Waals surface area contributed by atoms with Crippen LogP contribution in [-0.4, -0.2) is 14.4 Å². The zero-order chi connectivity index (χ0) is 18.0. The van der Waals surface area contributed by atoms with E-state index in [2.05, 4.69) is 0 Å². The van der Waals surface area contributed by atoms with E-state index in [1.54, 1.807) is 23.5 Å². The van der Waals surface area contributed by atoms with Gasteiger partial charge in [0.1, 0.15) is 11.0 Å². The van der Waals surface area contributed by atoms with Crippen molar-refractivity contribution in [1.82, 2.24) is 14.4 Å². The molecule has 4 aromatic heterocycles. The van der Waals surface area contributed by atoms with Crippen molar-refractivity contribution < 1.29 is 4.42 Å². The molecule has 0 saturated heterocycles. The SMILES string of the molecule is O=c1c2ccccc2oc2nc(-c3cccs3)n3c4ccccc4nc3c12. The van der Waals surface area contributed by atoms with Gasteiger partial charge in [0.2, 0.25) is 11.1 Å². The highest BCUT2D eigenvalue weighted by molar-refractivity contribution is 7.13. The maximum atomic E-state index is 13.2. The Bertz CT molecular complexity index is 1550. The molecule has 0 spiro atoms. The zero-order valence-corrected chi connectivity index (χ0v) is 14.7. The minimum atomic E-state index is -0.114. The van der Waals surface area contributed by atoms with Crippen LogP contribution >= 0.6 is 11.3 Å².